The molecule has 4 heteroatoms. The Morgan fingerprint density at radius 1 is 1.25 bits per heavy atom. The number of aryl methyl sites for hydroxylation is 1. The number of nitrogens with two attached hydrogens (primary N) is 1. The van der Waals surface area contributed by atoms with Crippen molar-refractivity contribution in [2.75, 3.05) is 5.73 Å². The van der Waals surface area contributed by atoms with Crippen LogP contribution in [0.2, 0.25) is 0 Å². The molecule has 0 bridgehead atoms. The zero-order chi connectivity index (χ0) is 14.7. The first-order valence-electron chi connectivity index (χ1n) is 6.26. The van der Waals surface area contributed by atoms with Gasteiger partial charge in [0.15, 0.2) is 0 Å². The molecule has 20 heavy (non-hydrogen) atoms. The Labute approximate surface area is 117 Å². The molecule has 3 nitrogen and oxygen atoms in total. The summed E-state index contributed by atoms with van der Waals surface area (Å²) < 4.78 is 18.6. The van der Waals surface area contributed by atoms with Crippen LogP contribution in [0.1, 0.15) is 27.0 Å². The third kappa shape index (κ3) is 2.96. The molecule has 0 spiro atoms. The first-order chi connectivity index (χ1) is 9.49. The van der Waals surface area contributed by atoms with Crippen molar-refractivity contribution in [2.45, 2.75) is 20.5 Å². The zero-order valence-corrected chi connectivity index (χ0v) is 11.4. The first kappa shape index (κ1) is 14.1. The molecule has 2 N–H and O–H groups in total. The molecule has 2 aromatic rings. The van der Waals surface area contributed by atoms with Crippen molar-refractivity contribution in [3.63, 3.8) is 0 Å². The second-order valence-corrected chi connectivity index (χ2v) is 4.68. The molecule has 0 fully saturated rings. The van der Waals surface area contributed by atoms with Crippen molar-refractivity contribution < 1.29 is 13.9 Å². The van der Waals surface area contributed by atoms with Gasteiger partial charge in [0.05, 0.1) is 5.56 Å². The highest BCUT2D eigenvalue weighted by molar-refractivity contribution is 5.92. The minimum atomic E-state index is -0.499. The summed E-state index contributed by atoms with van der Waals surface area (Å²) in [6.07, 6.45) is 0. The summed E-state index contributed by atoms with van der Waals surface area (Å²) in [5.74, 6) is -0.887. The molecule has 0 saturated heterocycles. The third-order valence-electron chi connectivity index (χ3n) is 3.23. The molecular weight excluding hydrogens is 257 g/mol. The summed E-state index contributed by atoms with van der Waals surface area (Å²) in [5.41, 5.74) is 8.73. The van der Waals surface area contributed by atoms with Gasteiger partial charge in [0.2, 0.25) is 0 Å². The number of carbonyl (C=O) groups is 1. The quantitative estimate of drug-likeness (QED) is 0.689. The molecule has 0 aromatic heterocycles. The Kier molecular flexibility index (Phi) is 4.03. The number of anilines is 1. The average molecular weight is 273 g/mol. The topological polar surface area (TPSA) is 52.3 Å². The molecule has 0 aliphatic rings. The lowest BCUT2D eigenvalue weighted by molar-refractivity contribution is 0.0468. The van der Waals surface area contributed by atoms with Crippen LogP contribution in [0.15, 0.2) is 36.4 Å². The smallest absolute Gasteiger partial charge is 0.338 e. The molecule has 2 aromatic carbocycles. The van der Waals surface area contributed by atoms with Crippen LogP contribution >= 0.6 is 0 Å². The number of benzene rings is 2. The summed E-state index contributed by atoms with van der Waals surface area (Å²) in [4.78, 5) is 12.1. The lowest BCUT2D eigenvalue weighted by Gasteiger charge is -2.10. The van der Waals surface area contributed by atoms with Gasteiger partial charge in [-0.3, -0.25) is 0 Å². The number of ether oxygens (including phenoxy) is 1. The Hall–Kier alpha value is -2.36. The van der Waals surface area contributed by atoms with Crippen LogP contribution in [0.4, 0.5) is 10.1 Å². The van der Waals surface area contributed by atoms with E-state index in [9.17, 15) is 9.18 Å². The number of esters is 1. The fourth-order valence-electron chi connectivity index (χ4n) is 1.94. The van der Waals surface area contributed by atoms with Gasteiger partial charge in [0.1, 0.15) is 12.4 Å². The molecule has 0 atom stereocenters. The van der Waals surface area contributed by atoms with Crippen molar-refractivity contribution in [3.8, 4) is 0 Å². The van der Waals surface area contributed by atoms with Crippen molar-refractivity contribution in [3.05, 3.63) is 64.5 Å². The van der Waals surface area contributed by atoms with E-state index in [-0.39, 0.29) is 12.4 Å². The Bertz CT molecular complexity index is 653. The van der Waals surface area contributed by atoms with Crippen LogP contribution in [0.3, 0.4) is 0 Å². The summed E-state index contributed by atoms with van der Waals surface area (Å²) in [7, 11) is 0. The van der Waals surface area contributed by atoms with Gasteiger partial charge in [-0.1, -0.05) is 18.2 Å². The molecular formula is C16H16FNO2. The SMILES string of the molecule is Cc1cc(N)cc(C(=O)OCc2ccccc2F)c1C. The number of hydrogen-bond donors (Lipinski definition) is 1. The Morgan fingerprint density at radius 2 is 1.95 bits per heavy atom. The van der Waals surface area contributed by atoms with E-state index >= 15 is 0 Å². The van der Waals surface area contributed by atoms with Crippen LogP contribution in [0.5, 0.6) is 0 Å². The highest BCUT2D eigenvalue weighted by Crippen LogP contribution is 2.19. The van der Waals surface area contributed by atoms with Crippen LogP contribution < -0.4 is 5.73 Å². The van der Waals surface area contributed by atoms with Crippen molar-refractivity contribution >= 4 is 11.7 Å². The number of rotatable bonds is 3. The van der Waals surface area contributed by atoms with E-state index in [0.29, 0.717) is 16.8 Å². The van der Waals surface area contributed by atoms with Crippen LogP contribution in [-0.4, -0.2) is 5.97 Å². The third-order valence-corrected chi connectivity index (χ3v) is 3.23. The lowest BCUT2D eigenvalue weighted by Crippen LogP contribution is -2.09. The van der Waals surface area contributed by atoms with E-state index in [1.165, 1.54) is 6.07 Å². The fourth-order valence-corrected chi connectivity index (χ4v) is 1.94. The van der Waals surface area contributed by atoms with Gasteiger partial charge in [-0.15, -0.1) is 0 Å². The lowest BCUT2D eigenvalue weighted by atomic mass is 10.0. The van der Waals surface area contributed by atoms with E-state index in [1.807, 2.05) is 13.8 Å². The van der Waals surface area contributed by atoms with E-state index in [0.717, 1.165) is 11.1 Å². The van der Waals surface area contributed by atoms with E-state index in [4.69, 9.17) is 10.5 Å². The van der Waals surface area contributed by atoms with Crippen molar-refractivity contribution in [1.82, 2.24) is 0 Å². The highest BCUT2D eigenvalue weighted by atomic mass is 19.1. The molecule has 0 aliphatic heterocycles. The normalized spacial score (nSPS) is 10.3. The largest absolute Gasteiger partial charge is 0.457 e. The maximum Gasteiger partial charge on any atom is 0.338 e. The van der Waals surface area contributed by atoms with Crippen molar-refractivity contribution in [2.24, 2.45) is 0 Å². The first-order valence-corrected chi connectivity index (χ1v) is 6.26. The summed E-state index contributed by atoms with van der Waals surface area (Å²) in [6.45, 7) is 3.60. The van der Waals surface area contributed by atoms with Gasteiger partial charge in [0, 0.05) is 11.3 Å². The summed E-state index contributed by atoms with van der Waals surface area (Å²) >= 11 is 0. The molecule has 0 saturated carbocycles. The highest BCUT2D eigenvalue weighted by Gasteiger charge is 2.14. The predicted molar refractivity (Wildman–Crippen MR) is 75.8 cm³/mol. The van der Waals surface area contributed by atoms with Gasteiger partial charge in [-0.05, 0) is 43.2 Å². The maximum atomic E-state index is 13.4. The maximum absolute atomic E-state index is 13.4. The van der Waals surface area contributed by atoms with Gasteiger partial charge < -0.3 is 10.5 Å². The van der Waals surface area contributed by atoms with Gasteiger partial charge >= 0.3 is 5.97 Å². The fraction of sp³-hybridized carbons (Fsp3) is 0.188. The molecule has 2 rings (SSSR count). The van der Waals surface area contributed by atoms with Crippen LogP contribution in [-0.2, 0) is 11.3 Å². The molecule has 0 heterocycles. The van der Waals surface area contributed by atoms with E-state index < -0.39 is 5.97 Å². The predicted octanol–water partition coefficient (Wildman–Crippen LogP) is 3.38. The van der Waals surface area contributed by atoms with Gasteiger partial charge in [-0.25, -0.2) is 9.18 Å². The minimum absolute atomic E-state index is 0.0984. The van der Waals surface area contributed by atoms with E-state index in [1.54, 1.807) is 30.3 Å². The second-order valence-electron chi connectivity index (χ2n) is 4.68. The summed E-state index contributed by atoms with van der Waals surface area (Å²) in [6, 6.07) is 9.57. The minimum Gasteiger partial charge on any atom is -0.457 e. The van der Waals surface area contributed by atoms with Gasteiger partial charge in [-0.2, -0.15) is 0 Å². The molecule has 0 aliphatic carbocycles. The second kappa shape index (κ2) is 5.74. The number of halogens is 1. The molecule has 104 valence electrons. The van der Waals surface area contributed by atoms with Crippen LogP contribution in [0.25, 0.3) is 0 Å². The van der Waals surface area contributed by atoms with Crippen LogP contribution in [0, 0.1) is 19.7 Å². The van der Waals surface area contributed by atoms with Crippen molar-refractivity contribution in [1.29, 1.82) is 0 Å². The molecule has 0 radical (unpaired) electrons. The molecule has 0 amide bonds. The number of nitrogen functional groups attached to an aromatic ring is 1. The molecule has 0 unspecified atom stereocenters. The zero-order valence-electron chi connectivity index (χ0n) is 11.4. The Morgan fingerprint density at radius 3 is 2.65 bits per heavy atom. The number of hydrogen-bond acceptors (Lipinski definition) is 3. The monoisotopic (exact) mass is 273 g/mol. The Balaban J connectivity index is 2.15. The van der Waals surface area contributed by atoms with Gasteiger partial charge in [0.25, 0.3) is 0 Å². The standard InChI is InChI=1S/C16H16FNO2/c1-10-7-13(18)8-14(11(10)2)16(19)20-9-12-5-3-4-6-15(12)17/h3-8H,9,18H2,1-2H3. The average Bonchev–Trinajstić information content (AvgIpc) is 2.41. The van der Waals surface area contributed by atoms with E-state index in [2.05, 4.69) is 0 Å². The summed E-state index contributed by atoms with van der Waals surface area (Å²) in [5, 5.41) is 0. The number of carbonyl (C=O) groups excluding carboxylic acids is 1.